The van der Waals surface area contributed by atoms with Gasteiger partial charge in [0.25, 0.3) is 0 Å². The Kier molecular flexibility index (Phi) is 4.69. The quantitative estimate of drug-likeness (QED) is 0.680. The first-order valence-electron chi connectivity index (χ1n) is 8.76. The van der Waals surface area contributed by atoms with Crippen LogP contribution in [-0.2, 0) is 12.6 Å². The number of imidazole rings is 1. The molecule has 27 heavy (non-hydrogen) atoms. The molecule has 142 valence electrons. The van der Waals surface area contributed by atoms with Crippen LogP contribution in [0.4, 0.5) is 13.2 Å². The summed E-state index contributed by atoms with van der Waals surface area (Å²) in [5, 5.41) is 3.39. The zero-order valence-corrected chi connectivity index (χ0v) is 14.5. The molecule has 0 aliphatic carbocycles. The van der Waals surface area contributed by atoms with Crippen molar-refractivity contribution in [3.63, 3.8) is 0 Å². The van der Waals surface area contributed by atoms with Gasteiger partial charge in [-0.15, -0.1) is 0 Å². The van der Waals surface area contributed by atoms with Crippen LogP contribution in [0.5, 0.6) is 0 Å². The molecular formula is C18H18F3N5O. The normalized spacial score (nSPS) is 15.5. The number of benzene rings is 1. The standard InChI is InChI=1S/C18H18F3N5O/c19-18(20,21)17-23-16(24-27-17)13-3-5-15(6-4-13)26-11-14(22-12-26)7-10-25-8-1-2-9-25/h3-6,11-12H,1-2,7-10H2. The lowest BCUT2D eigenvalue weighted by Gasteiger charge is -2.12. The van der Waals surface area contributed by atoms with Crippen molar-refractivity contribution in [3.8, 4) is 17.1 Å². The Morgan fingerprint density at radius 2 is 1.81 bits per heavy atom. The van der Waals surface area contributed by atoms with Gasteiger partial charge in [0.2, 0.25) is 5.82 Å². The molecule has 0 saturated carbocycles. The van der Waals surface area contributed by atoms with Gasteiger partial charge in [0.05, 0.1) is 12.0 Å². The molecule has 6 nitrogen and oxygen atoms in total. The Hall–Kier alpha value is -2.68. The number of rotatable bonds is 5. The number of aromatic nitrogens is 4. The van der Waals surface area contributed by atoms with E-state index in [0.717, 1.165) is 37.4 Å². The zero-order valence-electron chi connectivity index (χ0n) is 14.5. The van der Waals surface area contributed by atoms with Crippen LogP contribution in [-0.4, -0.2) is 44.2 Å². The van der Waals surface area contributed by atoms with E-state index in [1.165, 1.54) is 12.8 Å². The minimum atomic E-state index is -4.65. The molecule has 0 unspecified atom stereocenters. The predicted molar refractivity (Wildman–Crippen MR) is 91.2 cm³/mol. The van der Waals surface area contributed by atoms with Gasteiger partial charge in [-0.3, -0.25) is 0 Å². The Balaban J connectivity index is 1.43. The van der Waals surface area contributed by atoms with Gasteiger partial charge in [0, 0.05) is 30.4 Å². The number of alkyl halides is 3. The third kappa shape index (κ3) is 4.02. The van der Waals surface area contributed by atoms with Crippen molar-refractivity contribution in [1.82, 2.24) is 24.6 Å². The van der Waals surface area contributed by atoms with Gasteiger partial charge in [-0.1, -0.05) is 5.16 Å². The maximum atomic E-state index is 12.6. The fourth-order valence-electron chi connectivity index (χ4n) is 3.15. The maximum Gasteiger partial charge on any atom is 0.471 e. The molecule has 4 rings (SSSR count). The fourth-order valence-corrected chi connectivity index (χ4v) is 3.15. The number of halogens is 3. The SMILES string of the molecule is FC(F)(F)c1nc(-c2ccc(-n3cnc(CCN4CCCC4)c3)cc2)no1. The first-order valence-corrected chi connectivity index (χ1v) is 8.76. The molecule has 1 aromatic carbocycles. The number of hydrogen-bond acceptors (Lipinski definition) is 5. The molecule has 0 bridgehead atoms. The van der Waals surface area contributed by atoms with E-state index in [9.17, 15) is 13.2 Å². The third-order valence-corrected chi connectivity index (χ3v) is 4.61. The molecule has 0 spiro atoms. The molecule has 0 atom stereocenters. The number of hydrogen-bond donors (Lipinski definition) is 0. The van der Waals surface area contributed by atoms with Gasteiger partial charge < -0.3 is 14.0 Å². The highest BCUT2D eigenvalue weighted by atomic mass is 19.4. The van der Waals surface area contributed by atoms with E-state index in [1.54, 1.807) is 30.6 Å². The van der Waals surface area contributed by atoms with Gasteiger partial charge >= 0.3 is 12.1 Å². The van der Waals surface area contributed by atoms with Crippen LogP contribution in [0.1, 0.15) is 24.4 Å². The largest absolute Gasteiger partial charge is 0.471 e. The van der Waals surface area contributed by atoms with Gasteiger partial charge in [-0.2, -0.15) is 18.2 Å². The minimum Gasteiger partial charge on any atom is -0.329 e. The summed E-state index contributed by atoms with van der Waals surface area (Å²) in [4.78, 5) is 10.3. The van der Waals surface area contributed by atoms with Crippen LogP contribution in [0.15, 0.2) is 41.3 Å². The lowest BCUT2D eigenvalue weighted by molar-refractivity contribution is -0.159. The van der Waals surface area contributed by atoms with E-state index in [-0.39, 0.29) is 5.82 Å². The molecule has 1 aliphatic rings. The lowest BCUT2D eigenvalue weighted by atomic mass is 10.2. The second-order valence-electron chi connectivity index (χ2n) is 6.54. The Bertz CT molecular complexity index is 894. The molecule has 1 aliphatic heterocycles. The van der Waals surface area contributed by atoms with Crippen molar-refractivity contribution in [2.45, 2.75) is 25.4 Å². The van der Waals surface area contributed by atoms with Crippen LogP contribution < -0.4 is 0 Å². The van der Waals surface area contributed by atoms with E-state index in [2.05, 4.69) is 24.5 Å². The van der Waals surface area contributed by atoms with E-state index in [1.807, 2.05) is 10.8 Å². The van der Waals surface area contributed by atoms with E-state index < -0.39 is 12.1 Å². The van der Waals surface area contributed by atoms with Gasteiger partial charge in [0.1, 0.15) is 0 Å². The smallest absolute Gasteiger partial charge is 0.329 e. The molecule has 3 heterocycles. The zero-order chi connectivity index (χ0) is 18.9. The highest BCUT2D eigenvalue weighted by Crippen LogP contribution is 2.29. The van der Waals surface area contributed by atoms with Gasteiger partial charge in [-0.25, -0.2) is 4.98 Å². The van der Waals surface area contributed by atoms with Crippen molar-refractivity contribution < 1.29 is 17.7 Å². The average molecular weight is 377 g/mol. The van der Waals surface area contributed by atoms with E-state index in [0.29, 0.717) is 5.56 Å². The van der Waals surface area contributed by atoms with E-state index >= 15 is 0 Å². The molecule has 0 N–H and O–H groups in total. The second-order valence-corrected chi connectivity index (χ2v) is 6.54. The van der Waals surface area contributed by atoms with Crippen LogP contribution >= 0.6 is 0 Å². The average Bonchev–Trinajstić information content (AvgIpc) is 3.40. The monoisotopic (exact) mass is 377 g/mol. The van der Waals surface area contributed by atoms with Crippen molar-refractivity contribution in [3.05, 3.63) is 48.4 Å². The second kappa shape index (κ2) is 7.15. The maximum absolute atomic E-state index is 12.6. The Morgan fingerprint density at radius 1 is 1.07 bits per heavy atom. The van der Waals surface area contributed by atoms with Gasteiger partial charge in [-0.05, 0) is 50.2 Å². The molecule has 9 heteroatoms. The van der Waals surface area contributed by atoms with Crippen LogP contribution in [0, 0.1) is 0 Å². The first kappa shape index (κ1) is 17.7. The summed E-state index contributed by atoms with van der Waals surface area (Å²) in [5.41, 5.74) is 2.32. The summed E-state index contributed by atoms with van der Waals surface area (Å²) in [5.74, 6) is -1.44. The van der Waals surface area contributed by atoms with Crippen LogP contribution in [0.2, 0.25) is 0 Å². The van der Waals surface area contributed by atoms with Crippen molar-refractivity contribution in [2.24, 2.45) is 0 Å². The molecular weight excluding hydrogens is 359 g/mol. The van der Waals surface area contributed by atoms with Crippen molar-refractivity contribution in [1.29, 1.82) is 0 Å². The topological polar surface area (TPSA) is 60.0 Å². The summed E-state index contributed by atoms with van der Waals surface area (Å²) >= 11 is 0. The predicted octanol–water partition coefficient (Wildman–Crippen LogP) is 3.58. The molecule has 3 aromatic rings. The fraction of sp³-hybridized carbons (Fsp3) is 0.389. The van der Waals surface area contributed by atoms with E-state index in [4.69, 9.17) is 0 Å². The summed E-state index contributed by atoms with van der Waals surface area (Å²) < 4.78 is 43.8. The summed E-state index contributed by atoms with van der Waals surface area (Å²) in [6.45, 7) is 3.33. The summed E-state index contributed by atoms with van der Waals surface area (Å²) in [6.07, 6.45) is 2.50. The Labute approximate surface area is 153 Å². The lowest BCUT2D eigenvalue weighted by Crippen LogP contribution is -2.21. The van der Waals surface area contributed by atoms with Crippen LogP contribution in [0.25, 0.3) is 17.1 Å². The first-order chi connectivity index (χ1) is 13.0. The summed E-state index contributed by atoms with van der Waals surface area (Å²) in [7, 11) is 0. The van der Waals surface area contributed by atoms with Gasteiger partial charge in [0.15, 0.2) is 0 Å². The summed E-state index contributed by atoms with van der Waals surface area (Å²) in [6, 6.07) is 6.88. The highest BCUT2D eigenvalue weighted by molar-refractivity contribution is 5.56. The van der Waals surface area contributed by atoms with Crippen LogP contribution in [0.3, 0.4) is 0 Å². The molecule has 2 aromatic heterocycles. The Morgan fingerprint density at radius 3 is 2.48 bits per heavy atom. The third-order valence-electron chi connectivity index (χ3n) is 4.61. The molecule has 1 saturated heterocycles. The molecule has 0 radical (unpaired) electrons. The molecule has 1 fully saturated rings. The van der Waals surface area contributed by atoms with Crippen molar-refractivity contribution in [2.75, 3.05) is 19.6 Å². The molecule has 0 amide bonds. The van der Waals surface area contributed by atoms with Crippen molar-refractivity contribution >= 4 is 0 Å². The minimum absolute atomic E-state index is 0.0918. The number of likely N-dealkylation sites (tertiary alicyclic amines) is 1. The highest BCUT2D eigenvalue weighted by Gasteiger charge is 2.38. The number of nitrogens with zero attached hydrogens (tertiary/aromatic N) is 5.